The van der Waals surface area contributed by atoms with Crippen LogP contribution in [-0.2, 0) is 18.9 Å². The molecule has 0 bridgehead atoms. The summed E-state index contributed by atoms with van der Waals surface area (Å²) in [4.78, 5) is 0. The molecule has 0 N–H and O–H groups in total. The van der Waals surface area contributed by atoms with Crippen LogP contribution in [0.3, 0.4) is 0 Å². The van der Waals surface area contributed by atoms with E-state index in [0.29, 0.717) is 39.6 Å². The summed E-state index contributed by atoms with van der Waals surface area (Å²) in [7, 11) is 3.37. The predicted molar refractivity (Wildman–Crippen MR) is 59.2 cm³/mol. The van der Waals surface area contributed by atoms with Crippen molar-refractivity contribution in [3.63, 3.8) is 0 Å². The van der Waals surface area contributed by atoms with Crippen molar-refractivity contribution in [2.24, 2.45) is 5.41 Å². The Morgan fingerprint density at radius 1 is 0.733 bits per heavy atom. The summed E-state index contributed by atoms with van der Waals surface area (Å²) in [5, 5.41) is 0. The van der Waals surface area contributed by atoms with Crippen LogP contribution in [0.2, 0.25) is 0 Å². The van der Waals surface area contributed by atoms with E-state index in [2.05, 4.69) is 0 Å². The Morgan fingerprint density at radius 3 is 1.40 bits per heavy atom. The van der Waals surface area contributed by atoms with Crippen molar-refractivity contribution in [1.82, 2.24) is 0 Å². The van der Waals surface area contributed by atoms with Gasteiger partial charge in [0.2, 0.25) is 0 Å². The van der Waals surface area contributed by atoms with Gasteiger partial charge < -0.3 is 18.9 Å². The number of hydrogen-bond donors (Lipinski definition) is 0. The van der Waals surface area contributed by atoms with Crippen LogP contribution in [0.4, 0.5) is 0 Å². The van der Waals surface area contributed by atoms with Gasteiger partial charge in [0, 0.05) is 27.4 Å². The first-order chi connectivity index (χ1) is 7.24. The molecule has 0 spiro atoms. The largest absolute Gasteiger partial charge is 0.384 e. The molecule has 0 aliphatic carbocycles. The Labute approximate surface area is 92.8 Å². The summed E-state index contributed by atoms with van der Waals surface area (Å²) >= 11 is 0. The molecule has 0 aromatic carbocycles. The van der Waals surface area contributed by atoms with Crippen LogP contribution in [0.1, 0.15) is 13.8 Å². The molecule has 0 atom stereocenters. The topological polar surface area (TPSA) is 36.9 Å². The number of rotatable bonds is 10. The highest BCUT2D eigenvalue weighted by Gasteiger charge is 2.31. The second kappa shape index (κ2) is 9.09. The van der Waals surface area contributed by atoms with Crippen molar-refractivity contribution in [3.05, 3.63) is 0 Å². The number of hydrogen-bond acceptors (Lipinski definition) is 4. The third-order valence-electron chi connectivity index (χ3n) is 2.13. The minimum absolute atomic E-state index is 0.185. The first-order valence-electron chi connectivity index (χ1n) is 5.38. The summed E-state index contributed by atoms with van der Waals surface area (Å²) in [6.07, 6.45) is 0. The van der Waals surface area contributed by atoms with Crippen LogP contribution in [0.15, 0.2) is 0 Å². The maximum Gasteiger partial charge on any atom is 0.0637 e. The molecule has 92 valence electrons. The van der Waals surface area contributed by atoms with Crippen LogP contribution in [-0.4, -0.2) is 53.9 Å². The van der Waals surface area contributed by atoms with Crippen LogP contribution in [0.25, 0.3) is 0 Å². The third-order valence-corrected chi connectivity index (χ3v) is 2.13. The molecule has 0 fully saturated rings. The smallest absolute Gasteiger partial charge is 0.0637 e. The van der Waals surface area contributed by atoms with E-state index in [1.165, 1.54) is 0 Å². The van der Waals surface area contributed by atoms with E-state index in [0.717, 1.165) is 0 Å². The van der Waals surface area contributed by atoms with E-state index >= 15 is 0 Å². The van der Waals surface area contributed by atoms with E-state index in [1.54, 1.807) is 14.2 Å². The monoisotopic (exact) mass is 220 g/mol. The fraction of sp³-hybridized carbons (Fsp3) is 1.00. The number of ether oxygens (including phenoxy) is 4. The minimum Gasteiger partial charge on any atom is -0.384 e. The highest BCUT2D eigenvalue weighted by atomic mass is 16.5. The van der Waals surface area contributed by atoms with E-state index in [1.807, 2.05) is 13.8 Å². The Balaban J connectivity index is 4.26. The second-order valence-corrected chi connectivity index (χ2v) is 3.64. The molecule has 0 heterocycles. The molecule has 0 amide bonds. The lowest BCUT2D eigenvalue weighted by atomic mass is 9.92. The van der Waals surface area contributed by atoms with Gasteiger partial charge in [0.1, 0.15) is 0 Å². The van der Waals surface area contributed by atoms with Crippen molar-refractivity contribution in [1.29, 1.82) is 0 Å². The lowest BCUT2D eigenvalue weighted by Gasteiger charge is -2.31. The van der Waals surface area contributed by atoms with Gasteiger partial charge in [-0.1, -0.05) is 0 Å². The fourth-order valence-corrected chi connectivity index (χ4v) is 1.50. The first-order valence-corrected chi connectivity index (χ1v) is 5.38. The molecule has 0 aliphatic rings. The molecule has 0 aliphatic heterocycles. The molecule has 0 radical (unpaired) electrons. The Bertz CT molecular complexity index is 123. The van der Waals surface area contributed by atoms with Crippen LogP contribution >= 0.6 is 0 Å². The normalized spacial score (nSPS) is 12.0. The summed E-state index contributed by atoms with van der Waals surface area (Å²) < 4.78 is 21.4. The molecular formula is C11H24O4. The SMILES string of the molecule is CCOCC(COC)(COC)COCC. The van der Waals surface area contributed by atoms with Gasteiger partial charge in [0.15, 0.2) is 0 Å². The summed E-state index contributed by atoms with van der Waals surface area (Å²) in [5.41, 5.74) is -0.185. The molecule has 0 aromatic rings. The van der Waals surface area contributed by atoms with Crippen molar-refractivity contribution >= 4 is 0 Å². The molecule has 15 heavy (non-hydrogen) atoms. The van der Waals surface area contributed by atoms with Crippen LogP contribution in [0.5, 0.6) is 0 Å². The molecule has 4 heteroatoms. The van der Waals surface area contributed by atoms with Crippen molar-refractivity contribution in [2.45, 2.75) is 13.8 Å². The van der Waals surface area contributed by atoms with Crippen molar-refractivity contribution < 1.29 is 18.9 Å². The Morgan fingerprint density at radius 2 is 1.13 bits per heavy atom. The second-order valence-electron chi connectivity index (χ2n) is 3.64. The van der Waals surface area contributed by atoms with Gasteiger partial charge in [-0.2, -0.15) is 0 Å². The highest BCUT2D eigenvalue weighted by molar-refractivity contribution is 4.78. The van der Waals surface area contributed by atoms with Gasteiger partial charge in [0.05, 0.1) is 31.8 Å². The molecule has 0 unspecified atom stereocenters. The van der Waals surface area contributed by atoms with Crippen molar-refractivity contribution in [3.8, 4) is 0 Å². The average molecular weight is 220 g/mol. The van der Waals surface area contributed by atoms with Gasteiger partial charge in [0.25, 0.3) is 0 Å². The van der Waals surface area contributed by atoms with Gasteiger partial charge in [-0.3, -0.25) is 0 Å². The standard InChI is InChI=1S/C11H24O4/c1-5-14-9-11(7-12-3,8-13-4)10-15-6-2/h5-10H2,1-4H3. The maximum atomic E-state index is 5.46. The average Bonchev–Trinajstić information content (AvgIpc) is 2.24. The molecule has 0 saturated carbocycles. The van der Waals surface area contributed by atoms with E-state index < -0.39 is 0 Å². The Kier molecular flexibility index (Phi) is 9.00. The third kappa shape index (κ3) is 6.10. The molecule has 4 nitrogen and oxygen atoms in total. The summed E-state index contributed by atoms with van der Waals surface area (Å²) in [6.45, 7) is 7.72. The molecule has 0 aromatic heterocycles. The van der Waals surface area contributed by atoms with Gasteiger partial charge >= 0.3 is 0 Å². The van der Waals surface area contributed by atoms with E-state index in [9.17, 15) is 0 Å². The molecular weight excluding hydrogens is 196 g/mol. The zero-order valence-electron chi connectivity index (χ0n) is 10.4. The van der Waals surface area contributed by atoms with E-state index in [4.69, 9.17) is 18.9 Å². The Hall–Kier alpha value is -0.160. The predicted octanol–water partition coefficient (Wildman–Crippen LogP) is 1.34. The zero-order valence-corrected chi connectivity index (χ0v) is 10.4. The van der Waals surface area contributed by atoms with E-state index in [-0.39, 0.29) is 5.41 Å². The highest BCUT2D eigenvalue weighted by Crippen LogP contribution is 2.19. The fourth-order valence-electron chi connectivity index (χ4n) is 1.50. The quantitative estimate of drug-likeness (QED) is 0.557. The lowest BCUT2D eigenvalue weighted by molar-refractivity contribution is -0.0895. The maximum absolute atomic E-state index is 5.46. The lowest BCUT2D eigenvalue weighted by Crippen LogP contribution is -2.41. The van der Waals surface area contributed by atoms with Crippen LogP contribution in [0, 0.1) is 5.41 Å². The number of methoxy groups -OCH3 is 2. The van der Waals surface area contributed by atoms with Gasteiger partial charge in [-0.05, 0) is 13.8 Å². The van der Waals surface area contributed by atoms with Gasteiger partial charge in [-0.25, -0.2) is 0 Å². The first kappa shape index (κ1) is 14.8. The summed E-state index contributed by atoms with van der Waals surface area (Å²) in [5.74, 6) is 0. The summed E-state index contributed by atoms with van der Waals surface area (Å²) in [6, 6.07) is 0. The molecule has 0 rings (SSSR count). The minimum atomic E-state index is -0.185. The van der Waals surface area contributed by atoms with Gasteiger partial charge in [-0.15, -0.1) is 0 Å². The van der Waals surface area contributed by atoms with Crippen molar-refractivity contribution in [2.75, 3.05) is 53.9 Å². The zero-order chi connectivity index (χ0) is 11.6. The van der Waals surface area contributed by atoms with Crippen LogP contribution < -0.4 is 0 Å². The molecule has 0 saturated heterocycles.